The lowest BCUT2D eigenvalue weighted by Crippen LogP contribution is -2.47. The largest absolute Gasteiger partial charge is 0.361 e. The third kappa shape index (κ3) is 8.10. The molecule has 0 aliphatic carbocycles. The van der Waals surface area contributed by atoms with E-state index in [-0.39, 0.29) is 6.23 Å². The molecule has 9 nitrogen and oxygen atoms in total. The molecule has 2 rings (SSSR count). The van der Waals surface area contributed by atoms with Gasteiger partial charge in [-0.25, -0.2) is 16.8 Å². The fourth-order valence-electron chi connectivity index (χ4n) is 2.28. The number of ether oxygens (including phenoxy) is 1. The van der Waals surface area contributed by atoms with Crippen LogP contribution in [0.25, 0.3) is 0 Å². The zero-order valence-corrected chi connectivity index (χ0v) is 17.1. The summed E-state index contributed by atoms with van der Waals surface area (Å²) in [6.07, 6.45) is 2.08. The molecule has 1 aromatic carbocycles. The molecule has 0 radical (unpaired) electrons. The number of morpholine rings is 1. The molecule has 1 fully saturated rings. The van der Waals surface area contributed by atoms with E-state index in [0.29, 0.717) is 35.2 Å². The van der Waals surface area contributed by atoms with Gasteiger partial charge in [0.15, 0.2) is 0 Å². The van der Waals surface area contributed by atoms with Crippen LogP contribution in [-0.2, 0) is 24.8 Å². The second kappa shape index (κ2) is 9.24. The Hall–Kier alpha value is -1.05. The molecule has 4 N–H and O–H groups in total. The lowest BCUT2D eigenvalue weighted by Gasteiger charge is -2.24. The van der Waals surface area contributed by atoms with Crippen LogP contribution in [0.3, 0.4) is 0 Å². The fourth-order valence-corrected chi connectivity index (χ4v) is 4.40. The van der Waals surface area contributed by atoms with Gasteiger partial charge in [0.1, 0.15) is 6.23 Å². The van der Waals surface area contributed by atoms with Crippen molar-refractivity contribution in [3.05, 3.63) is 18.2 Å². The molecule has 1 saturated heterocycles. The van der Waals surface area contributed by atoms with Gasteiger partial charge in [-0.05, 0) is 18.2 Å². The van der Waals surface area contributed by atoms with Crippen molar-refractivity contribution in [2.45, 2.75) is 11.1 Å². The summed E-state index contributed by atoms with van der Waals surface area (Å²) in [6, 6.07) is 4.66. The van der Waals surface area contributed by atoms with E-state index in [1.165, 1.54) is 17.8 Å². The molecule has 0 aromatic heterocycles. The van der Waals surface area contributed by atoms with E-state index in [9.17, 15) is 16.8 Å². The maximum atomic E-state index is 11.5. The molecule has 148 valence electrons. The van der Waals surface area contributed by atoms with Crippen LogP contribution in [0.15, 0.2) is 23.1 Å². The third-order valence-electron chi connectivity index (χ3n) is 3.24. The minimum Gasteiger partial charge on any atom is -0.361 e. The van der Waals surface area contributed by atoms with Crippen molar-refractivity contribution in [2.75, 3.05) is 53.9 Å². The summed E-state index contributed by atoms with van der Waals surface area (Å²) < 4.78 is 56.3. The highest BCUT2D eigenvalue weighted by Gasteiger charge is 2.13. The highest BCUT2D eigenvalue weighted by molar-refractivity contribution is 7.99. The summed E-state index contributed by atoms with van der Waals surface area (Å²) in [4.78, 5) is 0.633. The average molecular weight is 425 g/mol. The van der Waals surface area contributed by atoms with Gasteiger partial charge in [0.05, 0.1) is 24.8 Å². The lowest BCUT2D eigenvalue weighted by atomic mass is 10.3. The molecule has 1 unspecified atom stereocenters. The summed E-state index contributed by atoms with van der Waals surface area (Å²) in [5.41, 5.74) is 0.786. The van der Waals surface area contributed by atoms with Crippen molar-refractivity contribution in [3.8, 4) is 0 Å². The van der Waals surface area contributed by atoms with Crippen LogP contribution in [0.2, 0.25) is 0 Å². The molecular formula is C14H24N4O5S3. The van der Waals surface area contributed by atoms with Crippen molar-refractivity contribution in [1.29, 1.82) is 0 Å². The van der Waals surface area contributed by atoms with Crippen LogP contribution in [0.4, 0.5) is 11.4 Å². The van der Waals surface area contributed by atoms with Gasteiger partial charge in [-0.3, -0.25) is 14.8 Å². The number of nitrogens with one attached hydrogen (secondary N) is 4. The molecule has 0 saturated carbocycles. The van der Waals surface area contributed by atoms with E-state index >= 15 is 0 Å². The van der Waals surface area contributed by atoms with Crippen molar-refractivity contribution in [1.82, 2.24) is 10.6 Å². The Bertz CT molecular complexity index is 808. The van der Waals surface area contributed by atoms with Gasteiger partial charge in [-0.2, -0.15) is 0 Å². The number of benzene rings is 1. The van der Waals surface area contributed by atoms with Crippen LogP contribution in [-0.4, -0.2) is 67.6 Å². The van der Waals surface area contributed by atoms with E-state index in [1.807, 2.05) is 0 Å². The summed E-state index contributed by atoms with van der Waals surface area (Å²) in [5, 5.41) is 6.48. The SMILES string of the molecule is CS(=O)(=O)Nc1ccc(NS(C)(=O)=O)c(SCCNC2CNCCO2)c1. The van der Waals surface area contributed by atoms with Gasteiger partial charge in [-0.15, -0.1) is 11.8 Å². The van der Waals surface area contributed by atoms with Gasteiger partial charge < -0.3 is 10.1 Å². The molecule has 1 aliphatic rings. The van der Waals surface area contributed by atoms with E-state index < -0.39 is 20.0 Å². The zero-order valence-electron chi connectivity index (χ0n) is 14.6. The van der Waals surface area contributed by atoms with E-state index in [1.54, 1.807) is 12.1 Å². The van der Waals surface area contributed by atoms with Crippen LogP contribution in [0, 0.1) is 0 Å². The van der Waals surface area contributed by atoms with E-state index in [2.05, 4.69) is 20.1 Å². The standard InChI is InChI=1S/C14H24N4O5S3/c1-25(19,20)17-11-3-4-12(18-26(2,21)22)13(9-11)24-8-6-16-14-10-15-5-7-23-14/h3-4,9,14-18H,5-8,10H2,1-2H3. The molecule has 12 heteroatoms. The predicted octanol–water partition coefficient (Wildman–Crippen LogP) is 0.0572. The summed E-state index contributed by atoms with van der Waals surface area (Å²) >= 11 is 1.42. The van der Waals surface area contributed by atoms with Crippen molar-refractivity contribution in [2.24, 2.45) is 0 Å². The first-order valence-corrected chi connectivity index (χ1v) is 12.7. The number of hydrogen-bond acceptors (Lipinski definition) is 8. The Labute approximate surface area is 158 Å². The van der Waals surface area contributed by atoms with E-state index in [4.69, 9.17) is 4.74 Å². The van der Waals surface area contributed by atoms with Crippen LogP contribution in [0.5, 0.6) is 0 Å². The minimum atomic E-state index is -3.44. The minimum absolute atomic E-state index is 0.0452. The first-order chi connectivity index (χ1) is 12.1. The topological polar surface area (TPSA) is 126 Å². The van der Waals surface area contributed by atoms with Gasteiger partial charge in [-0.1, -0.05) is 0 Å². The van der Waals surface area contributed by atoms with E-state index in [0.717, 1.165) is 25.6 Å². The Balaban J connectivity index is 2.02. The number of rotatable bonds is 9. The predicted molar refractivity (Wildman–Crippen MR) is 105 cm³/mol. The molecule has 0 amide bonds. The third-order valence-corrected chi connectivity index (χ3v) is 5.49. The molecule has 1 aromatic rings. The number of sulfonamides is 2. The molecule has 0 bridgehead atoms. The Morgan fingerprint density at radius 1 is 1.19 bits per heavy atom. The van der Waals surface area contributed by atoms with Gasteiger partial charge in [0.25, 0.3) is 0 Å². The first-order valence-electron chi connectivity index (χ1n) is 7.90. The average Bonchev–Trinajstić information content (AvgIpc) is 2.52. The Morgan fingerprint density at radius 2 is 1.92 bits per heavy atom. The highest BCUT2D eigenvalue weighted by Crippen LogP contribution is 2.31. The number of anilines is 2. The summed E-state index contributed by atoms with van der Waals surface area (Å²) in [7, 11) is -6.86. The van der Waals surface area contributed by atoms with Crippen LogP contribution < -0.4 is 20.1 Å². The first kappa shape index (κ1) is 21.3. The van der Waals surface area contributed by atoms with Crippen LogP contribution in [0.1, 0.15) is 0 Å². The summed E-state index contributed by atoms with van der Waals surface area (Å²) in [5.74, 6) is 0.653. The fraction of sp³-hybridized carbons (Fsp3) is 0.571. The maximum Gasteiger partial charge on any atom is 0.229 e. The highest BCUT2D eigenvalue weighted by atomic mass is 32.2. The second-order valence-corrected chi connectivity index (χ2v) is 10.5. The number of thioether (sulfide) groups is 1. The molecular weight excluding hydrogens is 400 g/mol. The second-order valence-electron chi connectivity index (χ2n) is 5.83. The van der Waals surface area contributed by atoms with Crippen LogP contribution >= 0.6 is 11.8 Å². The van der Waals surface area contributed by atoms with Crippen molar-refractivity contribution in [3.63, 3.8) is 0 Å². The Kier molecular flexibility index (Phi) is 7.55. The number of hydrogen-bond donors (Lipinski definition) is 4. The molecule has 0 spiro atoms. The molecule has 1 heterocycles. The molecule has 1 atom stereocenters. The summed E-state index contributed by atoms with van der Waals surface area (Å²) in [6.45, 7) is 2.89. The normalized spacial score (nSPS) is 18.5. The molecule has 1 aliphatic heterocycles. The zero-order chi connectivity index (χ0) is 19.2. The van der Waals surface area contributed by atoms with Crippen molar-refractivity contribution >= 4 is 43.2 Å². The van der Waals surface area contributed by atoms with Crippen molar-refractivity contribution < 1.29 is 21.6 Å². The van der Waals surface area contributed by atoms with Gasteiger partial charge in [0, 0.05) is 36.0 Å². The maximum absolute atomic E-state index is 11.5. The van der Waals surface area contributed by atoms with Gasteiger partial charge in [0.2, 0.25) is 20.0 Å². The Morgan fingerprint density at radius 3 is 2.54 bits per heavy atom. The monoisotopic (exact) mass is 424 g/mol. The quantitative estimate of drug-likeness (QED) is 0.324. The lowest BCUT2D eigenvalue weighted by molar-refractivity contribution is 0.00842. The van der Waals surface area contributed by atoms with Gasteiger partial charge >= 0.3 is 0 Å². The smallest absolute Gasteiger partial charge is 0.229 e. The molecule has 26 heavy (non-hydrogen) atoms.